The van der Waals surface area contributed by atoms with E-state index in [1.54, 1.807) is 7.05 Å². The highest BCUT2D eigenvalue weighted by Crippen LogP contribution is 2.14. The molecule has 18 heavy (non-hydrogen) atoms. The number of hydrogen-bond acceptors (Lipinski definition) is 8. The van der Waals surface area contributed by atoms with Crippen LogP contribution in [0.5, 0.6) is 6.01 Å². The number of primary amides is 1. The summed E-state index contributed by atoms with van der Waals surface area (Å²) >= 11 is 0. The van der Waals surface area contributed by atoms with Gasteiger partial charge in [-0.15, -0.1) is 0 Å². The SMILES string of the molecule is CC(C)Oc1nc(NN)nc(N(C)CC(N)=O)n1. The number of aromatic nitrogens is 3. The van der Waals surface area contributed by atoms with Gasteiger partial charge in [-0.1, -0.05) is 0 Å². The quantitative estimate of drug-likeness (QED) is 0.429. The maximum Gasteiger partial charge on any atom is 0.323 e. The van der Waals surface area contributed by atoms with Crippen molar-refractivity contribution in [1.29, 1.82) is 0 Å². The van der Waals surface area contributed by atoms with E-state index >= 15 is 0 Å². The Kier molecular flexibility index (Phi) is 4.60. The summed E-state index contributed by atoms with van der Waals surface area (Å²) in [5, 5.41) is 0. The molecular weight excluding hydrogens is 238 g/mol. The molecule has 0 bridgehead atoms. The fourth-order valence-electron chi connectivity index (χ4n) is 1.15. The Labute approximate surface area is 105 Å². The molecule has 0 aliphatic carbocycles. The van der Waals surface area contributed by atoms with Crippen molar-refractivity contribution in [1.82, 2.24) is 15.0 Å². The second-order valence-electron chi connectivity index (χ2n) is 3.87. The Hall–Kier alpha value is -2.16. The Bertz CT molecular complexity index is 423. The fourth-order valence-corrected chi connectivity index (χ4v) is 1.15. The van der Waals surface area contributed by atoms with E-state index in [1.807, 2.05) is 13.8 Å². The van der Waals surface area contributed by atoms with Crippen molar-refractivity contribution >= 4 is 17.8 Å². The molecule has 1 aromatic heterocycles. The molecule has 1 heterocycles. The Morgan fingerprint density at radius 3 is 2.61 bits per heavy atom. The average Bonchev–Trinajstić information content (AvgIpc) is 2.26. The number of nitrogens with two attached hydrogens (primary N) is 2. The van der Waals surface area contributed by atoms with Gasteiger partial charge in [-0.25, -0.2) is 5.84 Å². The molecule has 0 radical (unpaired) electrons. The third-order valence-corrected chi connectivity index (χ3v) is 1.81. The number of ether oxygens (including phenoxy) is 1. The number of hydrogen-bond donors (Lipinski definition) is 3. The standard InChI is InChI=1S/C9H17N7O2/c1-5(2)18-9-13-7(15-11)12-8(14-9)16(3)4-6(10)17/h5H,4,11H2,1-3H3,(H2,10,17)(H,12,13,14,15). The van der Waals surface area contributed by atoms with E-state index in [0.717, 1.165) is 0 Å². The molecule has 9 nitrogen and oxygen atoms in total. The predicted molar refractivity (Wildman–Crippen MR) is 65.9 cm³/mol. The molecule has 0 atom stereocenters. The maximum atomic E-state index is 10.8. The first-order valence-corrected chi connectivity index (χ1v) is 5.31. The molecule has 1 rings (SSSR count). The molecular formula is C9H17N7O2. The zero-order chi connectivity index (χ0) is 13.7. The summed E-state index contributed by atoms with van der Waals surface area (Å²) < 4.78 is 5.35. The third-order valence-electron chi connectivity index (χ3n) is 1.81. The highest BCUT2D eigenvalue weighted by Gasteiger charge is 2.13. The van der Waals surface area contributed by atoms with Crippen LogP contribution in [0.4, 0.5) is 11.9 Å². The van der Waals surface area contributed by atoms with Gasteiger partial charge >= 0.3 is 6.01 Å². The fraction of sp³-hybridized carbons (Fsp3) is 0.556. The summed E-state index contributed by atoms with van der Waals surface area (Å²) in [4.78, 5) is 24.3. The number of rotatable bonds is 6. The third kappa shape index (κ3) is 4.01. The van der Waals surface area contributed by atoms with Gasteiger partial charge in [0.25, 0.3) is 0 Å². The molecule has 1 aromatic rings. The van der Waals surface area contributed by atoms with E-state index in [1.165, 1.54) is 4.90 Å². The van der Waals surface area contributed by atoms with Crippen LogP contribution in [0.25, 0.3) is 0 Å². The molecule has 0 spiro atoms. The van der Waals surface area contributed by atoms with Crippen LogP contribution in [0.2, 0.25) is 0 Å². The van der Waals surface area contributed by atoms with Gasteiger partial charge in [0.1, 0.15) is 0 Å². The van der Waals surface area contributed by atoms with Gasteiger partial charge in [0.15, 0.2) is 0 Å². The molecule has 0 unspecified atom stereocenters. The molecule has 0 saturated heterocycles. The first-order chi connectivity index (χ1) is 8.42. The molecule has 0 aliphatic rings. The van der Waals surface area contributed by atoms with Crippen LogP contribution >= 0.6 is 0 Å². The lowest BCUT2D eigenvalue weighted by molar-refractivity contribution is -0.116. The summed E-state index contributed by atoms with van der Waals surface area (Å²) in [7, 11) is 1.62. The summed E-state index contributed by atoms with van der Waals surface area (Å²) in [6.45, 7) is 3.66. The summed E-state index contributed by atoms with van der Waals surface area (Å²) in [6.07, 6.45) is -0.0904. The molecule has 0 fully saturated rings. The minimum Gasteiger partial charge on any atom is -0.461 e. The topological polar surface area (TPSA) is 132 Å². The van der Waals surface area contributed by atoms with Gasteiger partial charge in [0.2, 0.25) is 17.8 Å². The van der Waals surface area contributed by atoms with Crippen molar-refractivity contribution in [2.45, 2.75) is 20.0 Å². The smallest absolute Gasteiger partial charge is 0.323 e. The van der Waals surface area contributed by atoms with E-state index in [0.29, 0.717) is 0 Å². The number of carbonyl (C=O) groups is 1. The molecule has 1 amide bonds. The number of carbonyl (C=O) groups excluding carboxylic acids is 1. The maximum absolute atomic E-state index is 10.8. The zero-order valence-electron chi connectivity index (χ0n) is 10.5. The van der Waals surface area contributed by atoms with Gasteiger partial charge in [0, 0.05) is 7.05 Å². The van der Waals surface area contributed by atoms with Crippen molar-refractivity contribution < 1.29 is 9.53 Å². The van der Waals surface area contributed by atoms with Crippen LogP contribution < -0.4 is 26.6 Å². The van der Waals surface area contributed by atoms with Crippen LogP contribution in [0.3, 0.4) is 0 Å². The molecule has 0 aliphatic heterocycles. The van der Waals surface area contributed by atoms with Gasteiger partial charge in [-0.05, 0) is 13.8 Å². The van der Waals surface area contributed by atoms with E-state index < -0.39 is 5.91 Å². The first kappa shape index (κ1) is 13.9. The Morgan fingerprint density at radius 1 is 1.44 bits per heavy atom. The second kappa shape index (κ2) is 5.96. The minimum absolute atomic E-state index is 0.0187. The lowest BCUT2D eigenvalue weighted by Gasteiger charge is -2.16. The van der Waals surface area contributed by atoms with Crippen LogP contribution in [0, 0.1) is 0 Å². The van der Waals surface area contributed by atoms with Crippen molar-refractivity contribution in [3.8, 4) is 6.01 Å². The van der Waals surface area contributed by atoms with Crippen molar-refractivity contribution in [3.63, 3.8) is 0 Å². The van der Waals surface area contributed by atoms with Crippen molar-refractivity contribution in [3.05, 3.63) is 0 Å². The Balaban J connectivity index is 2.99. The molecule has 5 N–H and O–H groups in total. The molecule has 100 valence electrons. The second-order valence-corrected chi connectivity index (χ2v) is 3.87. The normalized spacial score (nSPS) is 10.3. The predicted octanol–water partition coefficient (Wildman–Crippen LogP) is -1.13. The monoisotopic (exact) mass is 255 g/mol. The summed E-state index contributed by atoms with van der Waals surface area (Å²) in [6, 6.07) is 0.124. The van der Waals surface area contributed by atoms with Crippen molar-refractivity contribution in [2.24, 2.45) is 11.6 Å². The lowest BCUT2D eigenvalue weighted by atomic mass is 10.5. The minimum atomic E-state index is -0.494. The average molecular weight is 255 g/mol. The van der Waals surface area contributed by atoms with Gasteiger partial charge in [0.05, 0.1) is 12.6 Å². The number of amides is 1. The van der Waals surface area contributed by atoms with Crippen LogP contribution in [-0.2, 0) is 4.79 Å². The summed E-state index contributed by atoms with van der Waals surface area (Å²) in [5.41, 5.74) is 7.40. The number of nitrogens with one attached hydrogen (secondary N) is 1. The first-order valence-electron chi connectivity index (χ1n) is 5.31. The number of nitrogen functional groups attached to an aromatic ring is 1. The lowest BCUT2D eigenvalue weighted by Crippen LogP contribution is -2.32. The molecule has 9 heteroatoms. The van der Waals surface area contributed by atoms with Crippen LogP contribution in [0.15, 0.2) is 0 Å². The van der Waals surface area contributed by atoms with Crippen LogP contribution in [-0.4, -0.2) is 40.6 Å². The van der Waals surface area contributed by atoms with E-state index in [4.69, 9.17) is 16.3 Å². The van der Waals surface area contributed by atoms with Gasteiger partial charge in [-0.3, -0.25) is 10.2 Å². The largest absolute Gasteiger partial charge is 0.461 e. The van der Waals surface area contributed by atoms with E-state index in [9.17, 15) is 4.79 Å². The number of nitrogens with zero attached hydrogens (tertiary/aromatic N) is 4. The zero-order valence-corrected chi connectivity index (χ0v) is 10.5. The number of hydrazine groups is 1. The number of likely N-dealkylation sites (N-methyl/N-ethyl adjacent to an activating group) is 1. The highest BCUT2D eigenvalue weighted by molar-refractivity contribution is 5.78. The van der Waals surface area contributed by atoms with E-state index in [2.05, 4.69) is 20.4 Å². The van der Waals surface area contributed by atoms with Gasteiger partial charge in [-0.2, -0.15) is 15.0 Å². The van der Waals surface area contributed by atoms with Crippen LogP contribution in [0.1, 0.15) is 13.8 Å². The van der Waals surface area contributed by atoms with E-state index in [-0.39, 0.29) is 30.6 Å². The van der Waals surface area contributed by atoms with Gasteiger partial charge < -0.3 is 15.4 Å². The van der Waals surface area contributed by atoms with Crippen molar-refractivity contribution in [2.75, 3.05) is 23.9 Å². The number of anilines is 2. The summed E-state index contributed by atoms with van der Waals surface area (Å²) in [5.74, 6) is 5.15. The Morgan fingerprint density at radius 2 is 2.11 bits per heavy atom. The molecule has 0 saturated carbocycles. The highest BCUT2D eigenvalue weighted by atomic mass is 16.5. The molecule has 0 aromatic carbocycles.